The Morgan fingerprint density at radius 2 is 2.00 bits per heavy atom. The lowest BCUT2D eigenvalue weighted by atomic mass is 10.3. The number of amides is 1. The molecule has 2 N–H and O–H groups in total. The first-order valence-corrected chi connectivity index (χ1v) is 9.02. The SMILES string of the molecule is Cc1nccc(-c2c(Nc3ccnn3C(=O)NC(C)C)nc3c(F)cccn23)n1. The standard InChI is InChI=1S/C19H19FN8O/c1-11(2)23-19(29)28-15(7-9-22-28)25-17-16(14-6-8-21-12(3)24-14)27-10-4-5-13(20)18(27)26-17/h4-11,25H,1-3H3,(H,23,29). The van der Waals surface area contributed by atoms with Gasteiger partial charge in [0.15, 0.2) is 17.3 Å². The number of nitrogens with zero attached hydrogens (tertiary/aromatic N) is 6. The molecule has 0 bridgehead atoms. The monoisotopic (exact) mass is 394 g/mol. The van der Waals surface area contributed by atoms with Crippen LogP contribution < -0.4 is 10.6 Å². The second-order valence-corrected chi connectivity index (χ2v) is 6.71. The van der Waals surface area contributed by atoms with Crippen LogP contribution in [-0.4, -0.2) is 41.2 Å². The van der Waals surface area contributed by atoms with E-state index in [9.17, 15) is 9.18 Å². The predicted molar refractivity (Wildman–Crippen MR) is 105 cm³/mol. The van der Waals surface area contributed by atoms with E-state index in [1.165, 1.54) is 16.9 Å². The number of nitrogens with one attached hydrogen (secondary N) is 2. The third-order valence-corrected chi connectivity index (χ3v) is 4.11. The van der Waals surface area contributed by atoms with E-state index in [1.807, 2.05) is 13.8 Å². The predicted octanol–water partition coefficient (Wildman–Crippen LogP) is 3.15. The highest BCUT2D eigenvalue weighted by molar-refractivity contribution is 5.83. The molecule has 0 aromatic carbocycles. The lowest BCUT2D eigenvalue weighted by molar-refractivity contribution is 0.237. The van der Waals surface area contributed by atoms with E-state index in [4.69, 9.17) is 0 Å². The fraction of sp³-hybridized carbons (Fsp3) is 0.211. The van der Waals surface area contributed by atoms with Crippen molar-refractivity contribution in [2.75, 3.05) is 5.32 Å². The average Bonchev–Trinajstić information content (AvgIpc) is 3.26. The van der Waals surface area contributed by atoms with Crippen LogP contribution in [0.4, 0.5) is 20.8 Å². The lowest BCUT2D eigenvalue weighted by Crippen LogP contribution is -2.35. The smallest absolute Gasteiger partial charge is 0.334 e. The zero-order valence-electron chi connectivity index (χ0n) is 16.1. The number of anilines is 2. The molecule has 29 heavy (non-hydrogen) atoms. The minimum atomic E-state index is -0.473. The molecule has 0 fully saturated rings. The number of rotatable bonds is 4. The summed E-state index contributed by atoms with van der Waals surface area (Å²) in [7, 11) is 0. The number of pyridine rings is 1. The second-order valence-electron chi connectivity index (χ2n) is 6.71. The Balaban J connectivity index is 1.83. The van der Waals surface area contributed by atoms with Gasteiger partial charge >= 0.3 is 6.03 Å². The van der Waals surface area contributed by atoms with Gasteiger partial charge < -0.3 is 10.6 Å². The van der Waals surface area contributed by atoms with Crippen LogP contribution in [0.1, 0.15) is 19.7 Å². The normalized spacial score (nSPS) is 11.2. The summed E-state index contributed by atoms with van der Waals surface area (Å²) in [5.41, 5.74) is 1.25. The second kappa shape index (κ2) is 7.30. The number of imidazole rings is 1. The molecular weight excluding hydrogens is 375 g/mol. The molecule has 4 aromatic heterocycles. The van der Waals surface area contributed by atoms with Crippen LogP contribution in [-0.2, 0) is 0 Å². The maximum absolute atomic E-state index is 14.4. The molecule has 0 radical (unpaired) electrons. The molecule has 10 heteroatoms. The number of hydrogen-bond acceptors (Lipinski definition) is 6. The van der Waals surface area contributed by atoms with Crippen LogP contribution in [0.5, 0.6) is 0 Å². The van der Waals surface area contributed by atoms with E-state index < -0.39 is 5.82 Å². The summed E-state index contributed by atoms with van der Waals surface area (Å²) in [5, 5.41) is 9.93. The minimum absolute atomic E-state index is 0.0524. The van der Waals surface area contributed by atoms with Crippen LogP contribution in [0.25, 0.3) is 17.0 Å². The molecular formula is C19H19FN8O. The first kappa shape index (κ1) is 18.5. The Morgan fingerprint density at radius 3 is 2.76 bits per heavy atom. The van der Waals surface area contributed by atoms with Crippen LogP contribution in [0.2, 0.25) is 0 Å². The summed E-state index contributed by atoms with van der Waals surface area (Å²) in [4.78, 5) is 25.4. The fourth-order valence-electron chi connectivity index (χ4n) is 2.94. The number of hydrogen-bond donors (Lipinski definition) is 2. The van der Waals surface area contributed by atoms with Crippen LogP contribution in [0.3, 0.4) is 0 Å². The number of carbonyl (C=O) groups excluding carboxylic acids is 1. The van der Waals surface area contributed by atoms with Crippen molar-refractivity contribution in [2.45, 2.75) is 26.8 Å². The molecule has 0 unspecified atom stereocenters. The topological polar surface area (TPSA) is 102 Å². The molecule has 0 saturated carbocycles. The van der Waals surface area contributed by atoms with Gasteiger partial charge in [0.1, 0.15) is 17.3 Å². The zero-order chi connectivity index (χ0) is 20.5. The van der Waals surface area contributed by atoms with E-state index in [-0.39, 0.29) is 17.7 Å². The maximum atomic E-state index is 14.4. The molecule has 4 heterocycles. The third kappa shape index (κ3) is 3.51. The van der Waals surface area contributed by atoms with E-state index in [1.54, 1.807) is 41.9 Å². The van der Waals surface area contributed by atoms with Crippen LogP contribution in [0.15, 0.2) is 42.9 Å². The average molecular weight is 394 g/mol. The first-order chi connectivity index (χ1) is 13.9. The van der Waals surface area contributed by atoms with Crippen molar-refractivity contribution in [2.24, 2.45) is 0 Å². The number of aryl methyl sites for hydroxylation is 1. The van der Waals surface area contributed by atoms with Crippen molar-refractivity contribution in [1.82, 2.24) is 34.4 Å². The maximum Gasteiger partial charge on any atom is 0.344 e. The summed E-state index contributed by atoms with van der Waals surface area (Å²) in [6.07, 6.45) is 4.82. The molecule has 4 rings (SSSR count). The van der Waals surface area contributed by atoms with Crippen molar-refractivity contribution in [3.63, 3.8) is 0 Å². The Kier molecular flexibility index (Phi) is 4.67. The van der Waals surface area contributed by atoms with Crippen molar-refractivity contribution in [3.05, 3.63) is 54.5 Å². The van der Waals surface area contributed by atoms with Crippen molar-refractivity contribution in [3.8, 4) is 11.4 Å². The Labute approximate surface area is 165 Å². The summed E-state index contributed by atoms with van der Waals surface area (Å²) >= 11 is 0. The number of halogens is 1. The fourth-order valence-corrected chi connectivity index (χ4v) is 2.94. The van der Waals surface area contributed by atoms with E-state index in [0.717, 1.165) is 0 Å². The Bertz CT molecular complexity index is 1200. The van der Waals surface area contributed by atoms with E-state index in [2.05, 4.69) is 30.7 Å². The molecule has 0 atom stereocenters. The first-order valence-electron chi connectivity index (χ1n) is 9.02. The molecule has 1 amide bonds. The highest BCUT2D eigenvalue weighted by atomic mass is 19.1. The van der Waals surface area contributed by atoms with E-state index in [0.29, 0.717) is 28.8 Å². The molecule has 0 aliphatic carbocycles. The van der Waals surface area contributed by atoms with Crippen LogP contribution in [0, 0.1) is 12.7 Å². The highest BCUT2D eigenvalue weighted by Crippen LogP contribution is 2.30. The lowest BCUT2D eigenvalue weighted by Gasteiger charge is -2.12. The van der Waals surface area contributed by atoms with E-state index >= 15 is 0 Å². The molecule has 148 valence electrons. The largest absolute Gasteiger partial charge is 0.344 e. The molecule has 0 saturated heterocycles. The number of fused-ring (bicyclic) bond motifs is 1. The highest BCUT2D eigenvalue weighted by Gasteiger charge is 2.20. The van der Waals surface area contributed by atoms with Gasteiger partial charge in [-0.15, -0.1) is 0 Å². The molecule has 0 aliphatic heterocycles. The quantitative estimate of drug-likeness (QED) is 0.551. The zero-order valence-corrected chi connectivity index (χ0v) is 16.1. The third-order valence-electron chi connectivity index (χ3n) is 4.11. The summed E-state index contributed by atoms with van der Waals surface area (Å²) in [6, 6.07) is 5.84. The summed E-state index contributed by atoms with van der Waals surface area (Å²) in [5.74, 6) is 0.825. The molecule has 0 aliphatic rings. The molecule has 9 nitrogen and oxygen atoms in total. The molecule has 0 spiro atoms. The van der Waals surface area contributed by atoms with Gasteiger partial charge in [-0.1, -0.05) is 0 Å². The van der Waals surface area contributed by atoms with Gasteiger partial charge in [0, 0.05) is 24.5 Å². The van der Waals surface area contributed by atoms with Gasteiger partial charge in [-0.05, 0) is 39.0 Å². The summed E-state index contributed by atoms with van der Waals surface area (Å²) in [6.45, 7) is 5.48. The Morgan fingerprint density at radius 1 is 1.17 bits per heavy atom. The Hall–Kier alpha value is -3.82. The van der Waals surface area contributed by atoms with Crippen molar-refractivity contribution >= 4 is 23.3 Å². The van der Waals surface area contributed by atoms with Gasteiger partial charge in [0.2, 0.25) is 0 Å². The van der Waals surface area contributed by atoms with Gasteiger partial charge in [-0.25, -0.2) is 24.1 Å². The van der Waals surface area contributed by atoms with Crippen molar-refractivity contribution in [1.29, 1.82) is 0 Å². The number of aromatic nitrogens is 6. The number of carbonyl (C=O) groups is 1. The molecule has 4 aromatic rings. The van der Waals surface area contributed by atoms with Gasteiger partial charge in [0.05, 0.1) is 11.9 Å². The van der Waals surface area contributed by atoms with Gasteiger partial charge in [-0.3, -0.25) is 4.40 Å². The van der Waals surface area contributed by atoms with Gasteiger partial charge in [0.25, 0.3) is 0 Å². The van der Waals surface area contributed by atoms with Crippen molar-refractivity contribution < 1.29 is 9.18 Å². The van der Waals surface area contributed by atoms with Gasteiger partial charge in [-0.2, -0.15) is 9.78 Å². The summed E-state index contributed by atoms with van der Waals surface area (Å²) < 4.78 is 17.2. The van der Waals surface area contributed by atoms with Crippen LogP contribution >= 0.6 is 0 Å². The minimum Gasteiger partial charge on any atom is -0.334 e.